The molecule has 254 valence electrons. The molecule has 0 aliphatic carbocycles. The largest absolute Gasteiger partial charge is 0.495 e. The fourth-order valence-electron chi connectivity index (χ4n) is 5.16. The maximum atomic E-state index is 14.7. The highest BCUT2D eigenvalue weighted by molar-refractivity contribution is 7.92. The number of anilines is 1. The molecule has 8 nitrogen and oxygen atoms in total. The zero-order chi connectivity index (χ0) is 35.0. The first-order chi connectivity index (χ1) is 22.8. The molecule has 0 aliphatic heterocycles. The Morgan fingerprint density at radius 3 is 2.12 bits per heavy atom. The summed E-state index contributed by atoms with van der Waals surface area (Å²) in [5, 5.41) is 3.62. The molecule has 0 unspecified atom stereocenters. The SMILES string of the molecule is COc1ccc(C)cc1N(CC(=O)N(Cc1ccc(Cl)c(Cl)c1)[C@H](Cc1ccccc1)C(=O)NCC(C)C)S(=O)(=O)c1ccc(C)cc1. The lowest BCUT2D eigenvalue weighted by molar-refractivity contribution is -0.140. The molecule has 2 amide bonds. The Morgan fingerprint density at radius 1 is 0.833 bits per heavy atom. The summed E-state index contributed by atoms with van der Waals surface area (Å²) >= 11 is 12.6. The van der Waals surface area contributed by atoms with Gasteiger partial charge in [0.25, 0.3) is 10.0 Å². The first kappa shape index (κ1) is 36.8. The lowest BCUT2D eigenvalue weighted by Gasteiger charge is -2.34. The van der Waals surface area contributed by atoms with E-state index in [0.29, 0.717) is 22.2 Å². The predicted octanol–water partition coefficient (Wildman–Crippen LogP) is 7.23. The van der Waals surface area contributed by atoms with Gasteiger partial charge in [-0.1, -0.05) is 97.2 Å². The van der Waals surface area contributed by atoms with E-state index in [1.54, 1.807) is 48.5 Å². The molecule has 0 bridgehead atoms. The van der Waals surface area contributed by atoms with E-state index in [1.165, 1.54) is 24.1 Å². The smallest absolute Gasteiger partial charge is 0.264 e. The second-order valence-electron chi connectivity index (χ2n) is 12.1. The van der Waals surface area contributed by atoms with Gasteiger partial charge in [-0.25, -0.2) is 8.42 Å². The molecule has 0 aromatic heterocycles. The number of rotatable bonds is 14. The van der Waals surface area contributed by atoms with Crippen LogP contribution in [0, 0.1) is 19.8 Å². The lowest BCUT2D eigenvalue weighted by atomic mass is 10.0. The minimum Gasteiger partial charge on any atom is -0.495 e. The van der Waals surface area contributed by atoms with Crippen molar-refractivity contribution in [3.63, 3.8) is 0 Å². The molecule has 0 fully saturated rings. The number of carbonyl (C=O) groups excluding carboxylic acids is 2. The van der Waals surface area contributed by atoms with Gasteiger partial charge in [0.15, 0.2) is 0 Å². The molecule has 1 atom stereocenters. The highest BCUT2D eigenvalue weighted by Crippen LogP contribution is 2.34. The molecular formula is C37H41Cl2N3O5S. The molecule has 11 heteroatoms. The van der Waals surface area contributed by atoms with Crippen LogP contribution in [-0.4, -0.2) is 51.4 Å². The molecule has 4 rings (SSSR count). The summed E-state index contributed by atoms with van der Waals surface area (Å²) in [6.45, 7) is 7.40. The molecule has 0 spiro atoms. The summed E-state index contributed by atoms with van der Waals surface area (Å²) in [7, 11) is -2.85. The van der Waals surface area contributed by atoms with Crippen LogP contribution in [0.15, 0.2) is 95.9 Å². The summed E-state index contributed by atoms with van der Waals surface area (Å²) in [5.74, 6) is -0.520. The normalized spacial score (nSPS) is 12.0. The molecule has 0 radical (unpaired) electrons. The number of benzene rings is 4. The minimum absolute atomic E-state index is 0.0102. The summed E-state index contributed by atoms with van der Waals surface area (Å²) < 4.78 is 35.4. The second kappa shape index (κ2) is 16.4. The number of carbonyl (C=O) groups is 2. The quantitative estimate of drug-likeness (QED) is 0.149. The number of nitrogens with zero attached hydrogens (tertiary/aromatic N) is 2. The second-order valence-corrected chi connectivity index (χ2v) is 14.8. The lowest BCUT2D eigenvalue weighted by Crippen LogP contribution is -2.53. The van der Waals surface area contributed by atoms with E-state index in [1.807, 2.05) is 58.0 Å². The fourth-order valence-corrected chi connectivity index (χ4v) is 6.89. The van der Waals surface area contributed by atoms with Gasteiger partial charge in [0.05, 0.1) is 27.7 Å². The zero-order valence-corrected chi connectivity index (χ0v) is 30.1. The van der Waals surface area contributed by atoms with Gasteiger partial charge in [-0.2, -0.15) is 0 Å². The average Bonchev–Trinajstić information content (AvgIpc) is 3.06. The topological polar surface area (TPSA) is 96.0 Å². The standard InChI is InChI=1S/C37H41Cl2N3O5S/c1-25(2)22-40-37(44)34(21-28-9-7-6-8-10-28)41(23-29-14-17-31(38)32(39)20-29)36(43)24-42(33-19-27(4)13-18-35(33)47-5)48(45,46)30-15-11-26(3)12-16-30/h6-20,25,34H,21-24H2,1-5H3,(H,40,44)/t34-/m1/s1. The first-order valence-electron chi connectivity index (χ1n) is 15.6. The molecule has 0 saturated heterocycles. The van der Waals surface area contributed by atoms with Crippen molar-refractivity contribution in [1.82, 2.24) is 10.2 Å². The molecule has 0 heterocycles. The third-order valence-electron chi connectivity index (χ3n) is 7.78. The van der Waals surface area contributed by atoms with E-state index < -0.39 is 28.5 Å². The number of hydrogen-bond donors (Lipinski definition) is 1. The van der Waals surface area contributed by atoms with Crippen molar-refractivity contribution in [2.24, 2.45) is 5.92 Å². The van der Waals surface area contributed by atoms with Crippen molar-refractivity contribution in [3.8, 4) is 5.75 Å². The van der Waals surface area contributed by atoms with Crippen LogP contribution >= 0.6 is 23.2 Å². The predicted molar refractivity (Wildman–Crippen MR) is 192 cm³/mol. The molecule has 1 N–H and O–H groups in total. The van der Waals surface area contributed by atoms with Crippen molar-refractivity contribution in [1.29, 1.82) is 0 Å². The Kier molecular flexibility index (Phi) is 12.5. The van der Waals surface area contributed by atoms with Crippen LogP contribution in [-0.2, 0) is 32.6 Å². The third kappa shape index (κ3) is 9.30. The van der Waals surface area contributed by atoms with Crippen molar-refractivity contribution in [3.05, 3.63) is 123 Å². The van der Waals surface area contributed by atoms with Crippen molar-refractivity contribution < 1.29 is 22.7 Å². The van der Waals surface area contributed by atoms with E-state index in [4.69, 9.17) is 27.9 Å². The van der Waals surface area contributed by atoms with E-state index in [9.17, 15) is 18.0 Å². The highest BCUT2D eigenvalue weighted by atomic mass is 35.5. The van der Waals surface area contributed by atoms with E-state index in [0.717, 1.165) is 21.0 Å². The van der Waals surface area contributed by atoms with Gasteiger partial charge in [0.2, 0.25) is 11.8 Å². The Bertz CT molecular complexity index is 1830. The van der Waals surface area contributed by atoms with Crippen LogP contribution in [0.1, 0.15) is 36.1 Å². The minimum atomic E-state index is -4.29. The van der Waals surface area contributed by atoms with Gasteiger partial charge in [-0.3, -0.25) is 13.9 Å². The van der Waals surface area contributed by atoms with Gasteiger partial charge in [0, 0.05) is 19.5 Å². The Labute approximate surface area is 293 Å². The van der Waals surface area contributed by atoms with Crippen LogP contribution in [0.2, 0.25) is 10.0 Å². The van der Waals surface area contributed by atoms with Crippen LogP contribution in [0.25, 0.3) is 0 Å². The van der Waals surface area contributed by atoms with Gasteiger partial charge in [-0.05, 0) is 72.9 Å². The van der Waals surface area contributed by atoms with E-state index in [2.05, 4.69) is 5.32 Å². The van der Waals surface area contributed by atoms with Gasteiger partial charge >= 0.3 is 0 Å². The van der Waals surface area contributed by atoms with E-state index >= 15 is 0 Å². The van der Waals surface area contributed by atoms with Crippen LogP contribution in [0.3, 0.4) is 0 Å². The average molecular weight is 711 g/mol. The van der Waals surface area contributed by atoms with Gasteiger partial charge in [0.1, 0.15) is 18.3 Å². The summed E-state index contributed by atoms with van der Waals surface area (Å²) in [4.78, 5) is 30.1. The molecule has 4 aromatic rings. The Morgan fingerprint density at radius 2 is 1.50 bits per heavy atom. The monoisotopic (exact) mass is 709 g/mol. The molecule has 0 saturated carbocycles. The number of sulfonamides is 1. The summed E-state index contributed by atoms with van der Waals surface area (Å²) in [6, 6.07) is 24.9. The third-order valence-corrected chi connectivity index (χ3v) is 10.3. The molecule has 4 aromatic carbocycles. The number of ether oxygens (including phenoxy) is 1. The highest BCUT2D eigenvalue weighted by Gasteiger charge is 2.35. The zero-order valence-electron chi connectivity index (χ0n) is 27.7. The van der Waals surface area contributed by atoms with Crippen molar-refractivity contribution in [2.75, 3.05) is 24.5 Å². The Balaban J connectivity index is 1.86. The van der Waals surface area contributed by atoms with Gasteiger partial charge < -0.3 is 15.0 Å². The summed E-state index contributed by atoms with van der Waals surface area (Å²) in [6.07, 6.45) is 0.191. The maximum absolute atomic E-state index is 14.7. The van der Waals surface area contributed by atoms with Gasteiger partial charge in [-0.15, -0.1) is 0 Å². The summed E-state index contributed by atoms with van der Waals surface area (Å²) in [5.41, 5.74) is 3.30. The molecular weight excluding hydrogens is 669 g/mol. The maximum Gasteiger partial charge on any atom is 0.264 e. The number of hydrogen-bond acceptors (Lipinski definition) is 5. The first-order valence-corrected chi connectivity index (χ1v) is 17.8. The van der Waals surface area contributed by atoms with Crippen molar-refractivity contribution >= 4 is 50.7 Å². The fraction of sp³-hybridized carbons (Fsp3) is 0.297. The number of amides is 2. The number of aryl methyl sites for hydroxylation is 2. The molecule has 48 heavy (non-hydrogen) atoms. The molecule has 0 aliphatic rings. The van der Waals surface area contributed by atoms with Crippen molar-refractivity contribution in [2.45, 2.75) is 51.6 Å². The van der Waals surface area contributed by atoms with Crippen LogP contribution in [0.5, 0.6) is 5.75 Å². The van der Waals surface area contributed by atoms with E-state index in [-0.39, 0.29) is 41.1 Å². The van der Waals surface area contributed by atoms with Crippen LogP contribution in [0.4, 0.5) is 5.69 Å². The number of nitrogens with one attached hydrogen (secondary N) is 1. The Hall–Kier alpha value is -4.05. The number of methoxy groups -OCH3 is 1. The number of halogens is 2. The van der Waals surface area contributed by atoms with Crippen LogP contribution < -0.4 is 14.4 Å².